The van der Waals surface area contributed by atoms with Crippen LogP contribution in [0, 0.1) is 5.41 Å². The monoisotopic (exact) mass is 198 g/mol. The molecule has 0 bridgehead atoms. The summed E-state index contributed by atoms with van der Waals surface area (Å²) in [6, 6.07) is -1.73. The molecule has 0 aliphatic carbocycles. The average molecular weight is 198 g/mol. The van der Waals surface area contributed by atoms with E-state index >= 15 is 0 Å². The van der Waals surface area contributed by atoms with E-state index in [4.69, 9.17) is 11.1 Å². The smallest absolute Gasteiger partial charge is 0.344 e. The van der Waals surface area contributed by atoms with Gasteiger partial charge in [0.25, 0.3) is 5.91 Å². The van der Waals surface area contributed by atoms with Crippen LogP contribution in [0.4, 0.5) is 4.79 Å². The molecule has 1 aliphatic rings. The zero-order chi connectivity index (χ0) is 10.7. The predicted octanol–water partition coefficient (Wildman–Crippen LogP) is -1.53. The highest BCUT2D eigenvalue weighted by atomic mass is 16.2. The van der Waals surface area contributed by atoms with Crippen LogP contribution >= 0.6 is 0 Å². The van der Waals surface area contributed by atoms with Crippen molar-refractivity contribution < 1.29 is 9.59 Å². The number of imide groups is 1. The van der Waals surface area contributed by atoms with E-state index in [0.717, 1.165) is 0 Å². The van der Waals surface area contributed by atoms with Crippen molar-refractivity contribution in [1.82, 2.24) is 16.0 Å². The molecule has 2 atom stereocenters. The number of guanidine groups is 1. The molecule has 3 amide bonds. The van der Waals surface area contributed by atoms with E-state index in [0.29, 0.717) is 6.42 Å². The van der Waals surface area contributed by atoms with Crippen LogP contribution in [0.15, 0.2) is 0 Å². The third kappa shape index (κ3) is 2.12. The van der Waals surface area contributed by atoms with Gasteiger partial charge in [-0.3, -0.25) is 10.2 Å². The lowest BCUT2D eigenvalue weighted by Crippen LogP contribution is -2.52. The minimum atomic E-state index is -0.712. The number of hydrogen-bond acceptors (Lipinski definition) is 3. The molecule has 5 N–H and O–H groups in total. The summed E-state index contributed by atoms with van der Waals surface area (Å²) in [6.07, 6.45) is 0.561. The van der Waals surface area contributed by atoms with Gasteiger partial charge in [-0.25, -0.2) is 4.79 Å². The zero-order valence-corrected chi connectivity index (χ0v) is 7.70. The maximum atomic E-state index is 11.2. The van der Waals surface area contributed by atoms with E-state index in [1.807, 2.05) is 6.92 Å². The van der Waals surface area contributed by atoms with Crippen LogP contribution in [0.25, 0.3) is 0 Å². The maximum Gasteiger partial charge on any atom is 0.344 e. The molecule has 1 fully saturated rings. The van der Waals surface area contributed by atoms with Gasteiger partial charge in [-0.1, -0.05) is 6.92 Å². The summed E-state index contributed by atoms with van der Waals surface area (Å²) in [5.41, 5.74) is 5.13. The lowest BCUT2D eigenvalue weighted by Gasteiger charge is -2.20. The second-order valence-electron chi connectivity index (χ2n) is 2.95. The molecule has 0 aromatic heterocycles. The van der Waals surface area contributed by atoms with Crippen LogP contribution in [-0.2, 0) is 4.79 Å². The lowest BCUT2D eigenvalue weighted by atomic mass is 10.1. The fraction of sp³-hybridized carbons (Fsp3) is 0.571. The number of nitrogens with two attached hydrogens (primary N) is 1. The van der Waals surface area contributed by atoms with E-state index < -0.39 is 18.0 Å². The van der Waals surface area contributed by atoms with Crippen molar-refractivity contribution in [3.05, 3.63) is 0 Å². The Balaban J connectivity index is 2.65. The summed E-state index contributed by atoms with van der Waals surface area (Å²) < 4.78 is 0. The van der Waals surface area contributed by atoms with Gasteiger partial charge in [-0.15, -0.1) is 0 Å². The Hall–Kier alpha value is -1.79. The van der Waals surface area contributed by atoms with Crippen LogP contribution in [0.5, 0.6) is 0 Å². The molecule has 1 radical (unpaired) electrons. The molecule has 14 heavy (non-hydrogen) atoms. The molecule has 0 saturated carbocycles. The summed E-state index contributed by atoms with van der Waals surface area (Å²) in [4.78, 5) is 21.9. The summed E-state index contributed by atoms with van der Waals surface area (Å²) in [7, 11) is 0. The number of rotatable bonds is 3. The molecule has 77 valence electrons. The van der Waals surface area contributed by atoms with Crippen molar-refractivity contribution in [1.29, 1.82) is 5.41 Å². The molecule has 7 heteroatoms. The highest BCUT2D eigenvalue weighted by Crippen LogP contribution is 2.04. The molecule has 1 aliphatic heterocycles. The van der Waals surface area contributed by atoms with Crippen molar-refractivity contribution in [3.8, 4) is 0 Å². The van der Waals surface area contributed by atoms with Crippen LogP contribution < -0.4 is 21.7 Å². The Kier molecular flexibility index (Phi) is 2.90. The van der Waals surface area contributed by atoms with Gasteiger partial charge < -0.3 is 16.4 Å². The number of nitrogens with zero attached hydrogens (tertiary/aromatic N) is 1. The van der Waals surface area contributed by atoms with Crippen molar-refractivity contribution in [2.45, 2.75) is 25.4 Å². The zero-order valence-electron chi connectivity index (χ0n) is 7.70. The predicted molar refractivity (Wildman–Crippen MR) is 48.6 cm³/mol. The highest BCUT2D eigenvalue weighted by molar-refractivity contribution is 6.04. The molecular weight excluding hydrogens is 186 g/mol. The van der Waals surface area contributed by atoms with Crippen molar-refractivity contribution in [2.75, 3.05) is 0 Å². The summed E-state index contributed by atoms with van der Waals surface area (Å²) >= 11 is 0. The molecule has 1 rings (SSSR count). The van der Waals surface area contributed by atoms with E-state index in [-0.39, 0.29) is 12.0 Å². The fourth-order valence-corrected chi connectivity index (χ4v) is 1.29. The topological polar surface area (TPSA) is 122 Å². The van der Waals surface area contributed by atoms with E-state index in [1.54, 1.807) is 0 Å². The van der Waals surface area contributed by atoms with E-state index in [2.05, 4.69) is 16.0 Å². The van der Waals surface area contributed by atoms with Crippen LogP contribution in [0.2, 0.25) is 0 Å². The first-order chi connectivity index (χ1) is 6.54. The number of hydrogen-bond donors (Lipinski definition) is 4. The first kappa shape index (κ1) is 10.3. The molecule has 0 spiro atoms. The van der Waals surface area contributed by atoms with Gasteiger partial charge in [0.1, 0.15) is 6.04 Å². The number of nitrogens with one attached hydrogen (secondary N) is 3. The van der Waals surface area contributed by atoms with Crippen molar-refractivity contribution in [3.63, 3.8) is 0 Å². The van der Waals surface area contributed by atoms with Gasteiger partial charge in [-0.2, -0.15) is 5.32 Å². The Morgan fingerprint density at radius 3 is 2.79 bits per heavy atom. The van der Waals surface area contributed by atoms with Crippen molar-refractivity contribution >= 4 is 17.9 Å². The first-order valence-corrected chi connectivity index (χ1v) is 4.21. The Labute approximate surface area is 80.9 Å². The highest BCUT2D eigenvalue weighted by Gasteiger charge is 2.37. The molecular formula is C7H12N5O2. The van der Waals surface area contributed by atoms with Gasteiger partial charge in [0.15, 0.2) is 5.96 Å². The molecule has 0 aromatic rings. The van der Waals surface area contributed by atoms with E-state index in [1.165, 1.54) is 0 Å². The molecule has 1 heterocycles. The Morgan fingerprint density at radius 1 is 1.79 bits per heavy atom. The summed E-state index contributed by atoms with van der Waals surface area (Å²) in [6.45, 7) is 1.82. The van der Waals surface area contributed by atoms with E-state index in [9.17, 15) is 9.59 Å². The Bertz CT molecular complexity index is 277. The number of carbonyl (C=O) groups excluding carboxylic acids is 2. The normalized spacial score (nSPS) is 22.5. The fourth-order valence-electron chi connectivity index (χ4n) is 1.29. The van der Waals surface area contributed by atoms with Crippen LogP contribution in [0.3, 0.4) is 0 Å². The second-order valence-corrected chi connectivity index (χ2v) is 2.95. The lowest BCUT2D eigenvalue weighted by molar-refractivity contribution is -0.120. The Morgan fingerprint density at radius 2 is 2.43 bits per heavy atom. The average Bonchev–Trinajstić information content (AvgIpc) is 2.41. The standard InChI is InChI=1S/C7H12N5O2/c1-2-3(10-6(8)9)4-5(13)12-7(14)11-4/h3-4H,2H2,1H3,(H,11,14)(H4,8,9,10)/t3-,4?/m0/s1. The maximum absolute atomic E-state index is 11.2. The molecule has 7 nitrogen and oxygen atoms in total. The molecule has 0 aromatic carbocycles. The van der Waals surface area contributed by atoms with Crippen LogP contribution in [0.1, 0.15) is 13.3 Å². The molecule has 1 saturated heterocycles. The first-order valence-electron chi connectivity index (χ1n) is 4.21. The minimum absolute atomic E-state index is 0.231. The van der Waals surface area contributed by atoms with Gasteiger partial charge in [0.05, 0.1) is 6.04 Å². The van der Waals surface area contributed by atoms with Gasteiger partial charge in [0, 0.05) is 0 Å². The number of urea groups is 1. The third-order valence-electron chi connectivity index (χ3n) is 1.94. The number of carbonyl (C=O) groups is 2. The largest absolute Gasteiger partial charge is 0.370 e. The quantitative estimate of drug-likeness (QED) is 0.249. The number of amides is 3. The summed E-state index contributed by atoms with van der Waals surface area (Å²) in [5.74, 6) is -0.749. The van der Waals surface area contributed by atoms with Crippen molar-refractivity contribution in [2.24, 2.45) is 5.73 Å². The minimum Gasteiger partial charge on any atom is -0.370 e. The van der Waals surface area contributed by atoms with Gasteiger partial charge in [-0.05, 0) is 6.42 Å². The molecule has 1 unspecified atom stereocenters. The SMILES string of the molecule is CC[C@H](NC(=N)N)C1NC(=O)[N]C1=O. The summed E-state index contributed by atoms with van der Waals surface area (Å²) in [5, 5.41) is 15.2. The van der Waals surface area contributed by atoms with Gasteiger partial charge in [0.2, 0.25) is 0 Å². The van der Waals surface area contributed by atoms with Crippen LogP contribution in [-0.4, -0.2) is 30.0 Å². The van der Waals surface area contributed by atoms with Gasteiger partial charge >= 0.3 is 6.03 Å². The second kappa shape index (κ2) is 3.95. The third-order valence-corrected chi connectivity index (χ3v) is 1.94.